The number of amides is 1. The SMILES string of the molecule is CCc1cccc(CC)c1NC(=O)C(C)Cc1ccc(O)c(O)c1. The molecule has 2 rings (SSSR count). The summed E-state index contributed by atoms with van der Waals surface area (Å²) in [4.78, 5) is 12.6. The fraction of sp³-hybridized carbons (Fsp3) is 0.350. The van der Waals surface area contributed by atoms with Crippen LogP contribution in [0.1, 0.15) is 37.5 Å². The largest absolute Gasteiger partial charge is 0.504 e. The van der Waals surface area contributed by atoms with Crippen molar-refractivity contribution in [3.8, 4) is 11.5 Å². The van der Waals surface area contributed by atoms with Gasteiger partial charge in [-0.3, -0.25) is 4.79 Å². The maximum Gasteiger partial charge on any atom is 0.227 e. The van der Waals surface area contributed by atoms with Gasteiger partial charge < -0.3 is 15.5 Å². The van der Waals surface area contributed by atoms with Crippen LogP contribution in [-0.2, 0) is 24.1 Å². The zero-order valence-corrected chi connectivity index (χ0v) is 14.5. The lowest BCUT2D eigenvalue weighted by atomic mass is 9.98. The zero-order valence-electron chi connectivity index (χ0n) is 14.5. The molecule has 0 aliphatic heterocycles. The van der Waals surface area contributed by atoms with E-state index < -0.39 is 0 Å². The Morgan fingerprint density at radius 2 is 1.67 bits per heavy atom. The van der Waals surface area contributed by atoms with Crippen molar-refractivity contribution in [1.29, 1.82) is 0 Å². The fourth-order valence-electron chi connectivity index (χ4n) is 2.79. The summed E-state index contributed by atoms with van der Waals surface area (Å²) in [6.07, 6.45) is 2.22. The molecular weight excluding hydrogens is 302 g/mol. The van der Waals surface area contributed by atoms with E-state index in [1.165, 1.54) is 12.1 Å². The highest BCUT2D eigenvalue weighted by Gasteiger charge is 2.17. The summed E-state index contributed by atoms with van der Waals surface area (Å²) in [7, 11) is 0. The second kappa shape index (κ2) is 7.86. The number of carbonyl (C=O) groups is 1. The Labute approximate surface area is 143 Å². The van der Waals surface area contributed by atoms with Crippen molar-refractivity contribution in [3.05, 3.63) is 53.1 Å². The van der Waals surface area contributed by atoms with Crippen LogP contribution in [0, 0.1) is 5.92 Å². The first-order valence-electron chi connectivity index (χ1n) is 8.38. The Kier molecular flexibility index (Phi) is 5.85. The third-order valence-electron chi connectivity index (χ3n) is 4.28. The summed E-state index contributed by atoms with van der Waals surface area (Å²) in [6, 6.07) is 10.8. The minimum Gasteiger partial charge on any atom is -0.504 e. The van der Waals surface area contributed by atoms with Gasteiger partial charge in [-0.2, -0.15) is 0 Å². The number of benzene rings is 2. The highest BCUT2D eigenvalue weighted by Crippen LogP contribution is 2.27. The van der Waals surface area contributed by atoms with Crippen LogP contribution in [0.15, 0.2) is 36.4 Å². The lowest BCUT2D eigenvalue weighted by Gasteiger charge is -2.17. The number of aromatic hydroxyl groups is 2. The van der Waals surface area contributed by atoms with E-state index in [2.05, 4.69) is 19.2 Å². The number of hydrogen-bond acceptors (Lipinski definition) is 3. The van der Waals surface area contributed by atoms with Crippen LogP contribution >= 0.6 is 0 Å². The molecule has 1 amide bonds. The van der Waals surface area contributed by atoms with Gasteiger partial charge in [0.1, 0.15) is 0 Å². The van der Waals surface area contributed by atoms with Gasteiger partial charge >= 0.3 is 0 Å². The monoisotopic (exact) mass is 327 g/mol. The number of hydrogen-bond donors (Lipinski definition) is 3. The van der Waals surface area contributed by atoms with Crippen LogP contribution in [0.2, 0.25) is 0 Å². The minimum atomic E-state index is -0.247. The minimum absolute atomic E-state index is 0.0434. The van der Waals surface area contributed by atoms with Crippen molar-refractivity contribution in [2.75, 3.05) is 5.32 Å². The number of rotatable bonds is 6. The van der Waals surface area contributed by atoms with Gasteiger partial charge in [-0.05, 0) is 48.1 Å². The van der Waals surface area contributed by atoms with Crippen LogP contribution in [-0.4, -0.2) is 16.1 Å². The Balaban J connectivity index is 2.13. The first-order valence-corrected chi connectivity index (χ1v) is 8.38. The molecule has 0 saturated heterocycles. The predicted octanol–water partition coefficient (Wildman–Crippen LogP) is 4.04. The number of aryl methyl sites for hydroxylation is 2. The van der Waals surface area contributed by atoms with Crippen molar-refractivity contribution in [2.45, 2.75) is 40.0 Å². The number of nitrogens with one attached hydrogen (secondary N) is 1. The van der Waals surface area contributed by atoms with Crippen molar-refractivity contribution < 1.29 is 15.0 Å². The number of carbonyl (C=O) groups excluding carboxylic acids is 1. The summed E-state index contributed by atoms with van der Waals surface area (Å²) in [5.74, 6) is -0.605. The molecule has 0 fully saturated rings. The maximum atomic E-state index is 12.6. The smallest absolute Gasteiger partial charge is 0.227 e. The average molecular weight is 327 g/mol. The normalized spacial score (nSPS) is 12.0. The lowest BCUT2D eigenvalue weighted by Crippen LogP contribution is -2.23. The number of para-hydroxylation sites is 1. The maximum absolute atomic E-state index is 12.6. The number of phenols is 2. The van der Waals surface area contributed by atoms with Gasteiger partial charge in [-0.1, -0.05) is 45.0 Å². The molecule has 1 unspecified atom stereocenters. The lowest BCUT2D eigenvalue weighted by molar-refractivity contribution is -0.119. The summed E-state index contributed by atoms with van der Waals surface area (Å²) < 4.78 is 0. The third kappa shape index (κ3) is 4.07. The van der Waals surface area contributed by atoms with Gasteiger partial charge in [-0.25, -0.2) is 0 Å². The van der Waals surface area contributed by atoms with Crippen molar-refractivity contribution in [3.63, 3.8) is 0 Å². The Morgan fingerprint density at radius 1 is 1.04 bits per heavy atom. The van der Waals surface area contributed by atoms with E-state index >= 15 is 0 Å². The molecule has 1 atom stereocenters. The molecule has 24 heavy (non-hydrogen) atoms. The van der Waals surface area contributed by atoms with Gasteiger partial charge in [0.2, 0.25) is 5.91 Å². The second-order valence-corrected chi connectivity index (χ2v) is 6.08. The van der Waals surface area contributed by atoms with Crippen molar-refractivity contribution in [2.24, 2.45) is 5.92 Å². The molecule has 4 nitrogen and oxygen atoms in total. The molecule has 128 valence electrons. The van der Waals surface area contributed by atoms with Crippen LogP contribution in [0.5, 0.6) is 11.5 Å². The molecule has 0 bridgehead atoms. The highest BCUT2D eigenvalue weighted by atomic mass is 16.3. The summed E-state index contributed by atoms with van der Waals surface area (Å²) >= 11 is 0. The molecule has 4 heteroatoms. The fourth-order valence-corrected chi connectivity index (χ4v) is 2.79. The molecule has 0 aliphatic rings. The quantitative estimate of drug-likeness (QED) is 0.701. The molecule has 0 radical (unpaired) electrons. The van der Waals surface area contributed by atoms with E-state index in [0.29, 0.717) is 6.42 Å². The molecule has 3 N–H and O–H groups in total. The van der Waals surface area contributed by atoms with Gasteiger partial charge in [0.25, 0.3) is 0 Å². The van der Waals surface area contributed by atoms with Gasteiger partial charge in [0.15, 0.2) is 11.5 Å². The molecule has 2 aromatic rings. The number of anilines is 1. The highest BCUT2D eigenvalue weighted by molar-refractivity contribution is 5.94. The van der Waals surface area contributed by atoms with E-state index in [0.717, 1.165) is 35.2 Å². The molecule has 2 aromatic carbocycles. The summed E-state index contributed by atoms with van der Waals surface area (Å²) in [5, 5.41) is 22.0. The first kappa shape index (κ1) is 17.9. The zero-order chi connectivity index (χ0) is 17.7. The average Bonchev–Trinajstić information content (AvgIpc) is 2.58. The van der Waals surface area contributed by atoms with Crippen molar-refractivity contribution in [1.82, 2.24) is 0 Å². The molecule has 0 saturated carbocycles. The van der Waals surface area contributed by atoms with Crippen LogP contribution in [0.3, 0.4) is 0 Å². The topological polar surface area (TPSA) is 69.6 Å². The van der Waals surface area contributed by atoms with E-state index in [1.807, 2.05) is 25.1 Å². The molecule has 0 aliphatic carbocycles. The Morgan fingerprint density at radius 3 is 2.21 bits per heavy atom. The van der Waals surface area contributed by atoms with E-state index in [1.54, 1.807) is 6.07 Å². The van der Waals surface area contributed by atoms with Gasteiger partial charge in [-0.15, -0.1) is 0 Å². The van der Waals surface area contributed by atoms with Crippen LogP contribution < -0.4 is 5.32 Å². The Hall–Kier alpha value is -2.49. The molecular formula is C20H25NO3. The van der Waals surface area contributed by atoms with Crippen molar-refractivity contribution >= 4 is 11.6 Å². The molecule has 0 aromatic heterocycles. The second-order valence-electron chi connectivity index (χ2n) is 6.08. The molecule has 0 heterocycles. The summed E-state index contributed by atoms with van der Waals surface area (Å²) in [5.41, 5.74) is 4.01. The standard InChI is InChI=1S/C20H25NO3/c1-4-15-7-6-8-16(5-2)19(15)21-20(24)13(3)11-14-9-10-17(22)18(23)12-14/h6-10,12-13,22-23H,4-5,11H2,1-3H3,(H,21,24). The van der Waals surface area contributed by atoms with E-state index in [4.69, 9.17) is 0 Å². The van der Waals surface area contributed by atoms with Crippen LogP contribution in [0.25, 0.3) is 0 Å². The summed E-state index contributed by atoms with van der Waals surface area (Å²) in [6.45, 7) is 6.01. The van der Waals surface area contributed by atoms with Crippen LogP contribution in [0.4, 0.5) is 5.69 Å². The first-order chi connectivity index (χ1) is 11.5. The predicted molar refractivity (Wildman–Crippen MR) is 96.5 cm³/mol. The third-order valence-corrected chi connectivity index (χ3v) is 4.28. The number of phenolic OH excluding ortho intramolecular Hbond substituents is 2. The van der Waals surface area contributed by atoms with Gasteiger partial charge in [0, 0.05) is 11.6 Å². The van der Waals surface area contributed by atoms with E-state index in [9.17, 15) is 15.0 Å². The molecule has 0 spiro atoms. The van der Waals surface area contributed by atoms with E-state index in [-0.39, 0.29) is 23.3 Å². The Bertz CT molecular complexity index is 703. The van der Waals surface area contributed by atoms with Gasteiger partial charge in [0.05, 0.1) is 0 Å².